The van der Waals surface area contributed by atoms with Crippen LogP contribution in [0.4, 0.5) is 0 Å². The van der Waals surface area contributed by atoms with Crippen LogP contribution in [0, 0.1) is 0 Å². The molecular formula is C21H22N2O2S. The largest absolute Gasteiger partial charge is 0.463 e. The molecule has 0 saturated heterocycles. The Balaban J connectivity index is 1.49. The van der Waals surface area contributed by atoms with Crippen molar-refractivity contribution in [3.05, 3.63) is 72.1 Å². The summed E-state index contributed by atoms with van der Waals surface area (Å²) in [7, 11) is 0. The van der Waals surface area contributed by atoms with Gasteiger partial charge in [0.2, 0.25) is 5.91 Å². The van der Waals surface area contributed by atoms with E-state index in [9.17, 15) is 4.79 Å². The van der Waals surface area contributed by atoms with Gasteiger partial charge in [0, 0.05) is 22.9 Å². The van der Waals surface area contributed by atoms with Crippen molar-refractivity contribution in [3.8, 4) is 11.5 Å². The van der Waals surface area contributed by atoms with E-state index in [1.807, 2.05) is 48.2 Å². The fourth-order valence-corrected chi connectivity index (χ4v) is 3.34. The number of rotatable bonds is 7. The topological polar surface area (TPSA) is 55.1 Å². The van der Waals surface area contributed by atoms with E-state index >= 15 is 0 Å². The van der Waals surface area contributed by atoms with Gasteiger partial charge in [0.15, 0.2) is 5.76 Å². The standard InChI is InChI=1S/C21H22N2O2S/c1-15(2)26-18-8-5-16(6-9-18)12-21(24)23-14-17-7-10-19(22-13-17)20-4-3-11-25-20/h3-11,13,15H,12,14H2,1-2H3,(H,23,24). The van der Waals surface area contributed by atoms with E-state index in [1.165, 1.54) is 4.90 Å². The SMILES string of the molecule is CC(C)Sc1ccc(CC(=O)NCc2ccc(-c3ccco3)nc2)cc1. The lowest BCUT2D eigenvalue weighted by molar-refractivity contribution is -0.120. The molecule has 1 amide bonds. The summed E-state index contributed by atoms with van der Waals surface area (Å²) in [5, 5.41) is 3.49. The highest BCUT2D eigenvalue weighted by molar-refractivity contribution is 7.99. The summed E-state index contributed by atoms with van der Waals surface area (Å²) in [5.74, 6) is 0.740. The molecule has 26 heavy (non-hydrogen) atoms. The van der Waals surface area contributed by atoms with Crippen molar-refractivity contribution < 1.29 is 9.21 Å². The van der Waals surface area contributed by atoms with Crippen molar-refractivity contribution in [3.63, 3.8) is 0 Å². The van der Waals surface area contributed by atoms with Gasteiger partial charge >= 0.3 is 0 Å². The molecule has 0 radical (unpaired) electrons. The first-order valence-corrected chi connectivity index (χ1v) is 9.49. The number of carbonyl (C=O) groups excluding carboxylic acids is 1. The Morgan fingerprint density at radius 2 is 1.88 bits per heavy atom. The first kappa shape index (κ1) is 18.3. The van der Waals surface area contributed by atoms with Gasteiger partial charge in [0.25, 0.3) is 0 Å². The number of hydrogen-bond acceptors (Lipinski definition) is 4. The smallest absolute Gasteiger partial charge is 0.224 e. The number of amides is 1. The third-order valence-electron chi connectivity index (χ3n) is 3.75. The molecule has 0 atom stereocenters. The highest BCUT2D eigenvalue weighted by Gasteiger charge is 2.06. The molecule has 3 aromatic rings. The van der Waals surface area contributed by atoms with Crippen molar-refractivity contribution in [2.24, 2.45) is 0 Å². The third kappa shape index (κ3) is 5.23. The van der Waals surface area contributed by atoms with Gasteiger partial charge in [-0.3, -0.25) is 9.78 Å². The van der Waals surface area contributed by atoms with E-state index in [-0.39, 0.29) is 5.91 Å². The second-order valence-electron chi connectivity index (χ2n) is 6.29. The molecule has 134 valence electrons. The van der Waals surface area contributed by atoms with Crippen LogP contribution in [-0.2, 0) is 17.8 Å². The van der Waals surface area contributed by atoms with Crippen LogP contribution in [0.1, 0.15) is 25.0 Å². The molecule has 3 rings (SSSR count). The van der Waals surface area contributed by atoms with E-state index in [1.54, 1.807) is 12.5 Å². The number of benzene rings is 1. The monoisotopic (exact) mass is 366 g/mol. The maximum atomic E-state index is 12.2. The van der Waals surface area contributed by atoms with E-state index in [0.717, 1.165) is 22.6 Å². The highest BCUT2D eigenvalue weighted by atomic mass is 32.2. The molecule has 1 aromatic carbocycles. The van der Waals surface area contributed by atoms with Crippen molar-refractivity contribution >= 4 is 17.7 Å². The number of aromatic nitrogens is 1. The van der Waals surface area contributed by atoms with Crippen LogP contribution >= 0.6 is 11.8 Å². The number of pyridine rings is 1. The fourth-order valence-electron chi connectivity index (χ4n) is 2.51. The van der Waals surface area contributed by atoms with Crippen molar-refractivity contribution in [1.29, 1.82) is 0 Å². The summed E-state index contributed by atoms with van der Waals surface area (Å²) in [4.78, 5) is 17.7. The van der Waals surface area contributed by atoms with Crippen LogP contribution in [-0.4, -0.2) is 16.1 Å². The highest BCUT2D eigenvalue weighted by Crippen LogP contribution is 2.23. The minimum atomic E-state index is 0.00405. The summed E-state index contributed by atoms with van der Waals surface area (Å²) in [5.41, 5.74) is 2.75. The van der Waals surface area contributed by atoms with Gasteiger partial charge in [-0.1, -0.05) is 32.0 Å². The number of nitrogens with zero attached hydrogens (tertiary/aromatic N) is 1. The normalized spacial score (nSPS) is 10.9. The Morgan fingerprint density at radius 1 is 1.12 bits per heavy atom. The van der Waals surface area contributed by atoms with Crippen molar-refractivity contribution in [2.75, 3.05) is 0 Å². The molecule has 0 saturated carbocycles. The minimum absolute atomic E-state index is 0.00405. The van der Waals surface area contributed by atoms with E-state index < -0.39 is 0 Å². The quantitative estimate of drug-likeness (QED) is 0.616. The minimum Gasteiger partial charge on any atom is -0.463 e. The predicted octanol–water partition coefficient (Wildman–Crippen LogP) is 4.70. The number of thioether (sulfide) groups is 1. The lowest BCUT2D eigenvalue weighted by Crippen LogP contribution is -2.24. The van der Waals surface area contributed by atoms with Crippen molar-refractivity contribution in [2.45, 2.75) is 37.0 Å². The molecule has 0 fully saturated rings. The number of furan rings is 1. The fraction of sp³-hybridized carbons (Fsp3) is 0.238. The van der Waals surface area contributed by atoms with Gasteiger partial charge in [-0.2, -0.15) is 0 Å². The molecule has 4 nitrogen and oxygen atoms in total. The molecule has 0 unspecified atom stereocenters. The molecule has 0 aliphatic carbocycles. The zero-order valence-electron chi connectivity index (χ0n) is 14.9. The van der Waals surface area contributed by atoms with Gasteiger partial charge in [-0.05, 0) is 41.5 Å². The first-order valence-electron chi connectivity index (χ1n) is 8.61. The average molecular weight is 366 g/mol. The molecule has 0 aliphatic rings. The first-order chi connectivity index (χ1) is 12.6. The zero-order chi connectivity index (χ0) is 18.4. The molecule has 0 bridgehead atoms. The van der Waals surface area contributed by atoms with Crippen LogP contribution < -0.4 is 5.32 Å². The Bertz CT molecular complexity index is 825. The number of carbonyl (C=O) groups is 1. The molecular weight excluding hydrogens is 344 g/mol. The molecule has 2 heterocycles. The molecule has 1 N–H and O–H groups in total. The van der Waals surface area contributed by atoms with E-state index in [4.69, 9.17) is 4.42 Å². The van der Waals surface area contributed by atoms with Crippen LogP contribution in [0.2, 0.25) is 0 Å². The Kier molecular flexibility index (Phi) is 6.12. The van der Waals surface area contributed by atoms with Gasteiger partial charge in [-0.15, -0.1) is 11.8 Å². The van der Waals surface area contributed by atoms with Crippen molar-refractivity contribution in [1.82, 2.24) is 10.3 Å². The Hall–Kier alpha value is -2.53. The average Bonchev–Trinajstić information content (AvgIpc) is 3.16. The van der Waals surface area contributed by atoms with E-state index in [2.05, 4.69) is 36.3 Å². The van der Waals surface area contributed by atoms with Crippen LogP contribution in [0.15, 0.2) is 70.3 Å². The third-order valence-corrected chi connectivity index (χ3v) is 4.76. The number of nitrogens with one attached hydrogen (secondary N) is 1. The zero-order valence-corrected chi connectivity index (χ0v) is 15.8. The summed E-state index contributed by atoms with van der Waals surface area (Å²) in [6.07, 6.45) is 3.76. The summed E-state index contributed by atoms with van der Waals surface area (Å²) >= 11 is 1.82. The van der Waals surface area contributed by atoms with Gasteiger partial charge in [0.1, 0.15) is 5.69 Å². The van der Waals surface area contributed by atoms with E-state index in [0.29, 0.717) is 18.2 Å². The lowest BCUT2D eigenvalue weighted by Gasteiger charge is -2.08. The second kappa shape index (κ2) is 8.72. The Labute approximate surface area is 158 Å². The maximum absolute atomic E-state index is 12.2. The molecule has 0 spiro atoms. The lowest BCUT2D eigenvalue weighted by atomic mass is 10.1. The van der Waals surface area contributed by atoms with Gasteiger partial charge in [0.05, 0.1) is 12.7 Å². The van der Waals surface area contributed by atoms with Crippen LogP contribution in [0.25, 0.3) is 11.5 Å². The van der Waals surface area contributed by atoms with Gasteiger partial charge < -0.3 is 9.73 Å². The molecule has 2 aromatic heterocycles. The molecule has 0 aliphatic heterocycles. The van der Waals surface area contributed by atoms with Crippen LogP contribution in [0.3, 0.4) is 0 Å². The molecule has 5 heteroatoms. The second-order valence-corrected chi connectivity index (χ2v) is 7.94. The maximum Gasteiger partial charge on any atom is 0.224 e. The summed E-state index contributed by atoms with van der Waals surface area (Å²) in [6, 6.07) is 15.7. The Morgan fingerprint density at radius 3 is 2.50 bits per heavy atom. The summed E-state index contributed by atoms with van der Waals surface area (Å²) < 4.78 is 5.32. The predicted molar refractivity (Wildman–Crippen MR) is 105 cm³/mol. The van der Waals surface area contributed by atoms with Crippen LogP contribution in [0.5, 0.6) is 0 Å². The number of hydrogen-bond donors (Lipinski definition) is 1. The summed E-state index contributed by atoms with van der Waals surface area (Å²) in [6.45, 7) is 4.80. The van der Waals surface area contributed by atoms with Gasteiger partial charge in [-0.25, -0.2) is 0 Å².